The first-order valence-electron chi connectivity index (χ1n) is 4.07. The molecular formula is C10H15Cl2Zr. The van der Waals surface area contributed by atoms with Gasteiger partial charge in [-0.3, -0.25) is 0 Å². The Kier molecular flexibility index (Phi) is 7.22. The Hall–Kier alpha value is 0.943. The zero-order valence-corrected chi connectivity index (χ0v) is 12.5. The maximum Gasteiger partial charge on any atom is -1.00 e. The van der Waals surface area contributed by atoms with Crippen molar-refractivity contribution in [2.45, 2.75) is 27.7 Å². The monoisotopic (exact) mass is 295 g/mol. The van der Waals surface area contributed by atoms with Crippen molar-refractivity contribution in [2.24, 2.45) is 11.3 Å². The van der Waals surface area contributed by atoms with E-state index in [2.05, 4.69) is 39.8 Å². The van der Waals surface area contributed by atoms with E-state index in [1.165, 1.54) is 5.57 Å². The summed E-state index contributed by atoms with van der Waals surface area (Å²) in [7, 11) is 0. The van der Waals surface area contributed by atoms with E-state index in [1.807, 2.05) is 0 Å². The molecule has 0 aromatic rings. The van der Waals surface area contributed by atoms with Gasteiger partial charge in [0.1, 0.15) is 0 Å². The minimum Gasteiger partial charge on any atom is -1.00 e. The van der Waals surface area contributed by atoms with Gasteiger partial charge in [-0.1, -0.05) is 0 Å². The Labute approximate surface area is 109 Å². The molecule has 13 heavy (non-hydrogen) atoms. The third-order valence-corrected chi connectivity index (χ3v) is 3.57. The van der Waals surface area contributed by atoms with Crippen molar-refractivity contribution in [3.05, 3.63) is 21.0 Å². The summed E-state index contributed by atoms with van der Waals surface area (Å²) in [5.74, 6) is 0.697. The summed E-state index contributed by atoms with van der Waals surface area (Å²) in [6, 6.07) is 0. The Morgan fingerprint density at radius 2 is 1.69 bits per heavy atom. The number of allylic oxidation sites excluding steroid dienone is 4. The fraction of sp³-hybridized carbons (Fsp3) is 0.600. The van der Waals surface area contributed by atoms with E-state index >= 15 is 0 Å². The minimum absolute atomic E-state index is 0. The Morgan fingerprint density at radius 3 is 1.85 bits per heavy atom. The van der Waals surface area contributed by atoms with E-state index in [0.717, 1.165) is 0 Å². The largest absolute Gasteiger partial charge is 1.00 e. The van der Waals surface area contributed by atoms with Gasteiger partial charge in [-0.15, -0.1) is 0 Å². The molecule has 1 unspecified atom stereocenters. The van der Waals surface area contributed by atoms with Gasteiger partial charge >= 0.3 is 84.8 Å². The maximum absolute atomic E-state index is 2.39. The van der Waals surface area contributed by atoms with E-state index in [-0.39, 0.29) is 24.8 Å². The van der Waals surface area contributed by atoms with E-state index in [9.17, 15) is 0 Å². The molecule has 0 radical (unpaired) electrons. The zero-order chi connectivity index (χ0) is 8.65. The molecule has 0 saturated heterocycles. The molecule has 0 saturated carbocycles. The summed E-state index contributed by atoms with van der Waals surface area (Å²) >= 11 is 1.57. The summed E-state index contributed by atoms with van der Waals surface area (Å²) in [6.07, 6.45) is 4.76. The maximum atomic E-state index is 2.39. The molecular weight excluding hydrogens is 282 g/mol. The summed E-state index contributed by atoms with van der Waals surface area (Å²) in [6.45, 7) is 9.10. The second-order valence-corrected chi connectivity index (χ2v) is 5.68. The summed E-state index contributed by atoms with van der Waals surface area (Å²) < 4.78 is 1.59. The van der Waals surface area contributed by atoms with Crippen molar-refractivity contribution in [1.29, 1.82) is 0 Å². The van der Waals surface area contributed by atoms with Crippen molar-refractivity contribution in [2.75, 3.05) is 0 Å². The van der Waals surface area contributed by atoms with Gasteiger partial charge in [-0.2, -0.15) is 0 Å². The van der Waals surface area contributed by atoms with Gasteiger partial charge in [-0.25, -0.2) is 0 Å². The van der Waals surface area contributed by atoms with Gasteiger partial charge in [-0.05, 0) is 0 Å². The summed E-state index contributed by atoms with van der Waals surface area (Å²) in [5, 5.41) is 0. The average Bonchev–Trinajstić information content (AvgIpc) is 2.11. The Bertz CT molecular complexity index is 224. The molecule has 3 heteroatoms. The Balaban J connectivity index is 0. The molecule has 73 valence electrons. The fourth-order valence-corrected chi connectivity index (χ4v) is 1.76. The summed E-state index contributed by atoms with van der Waals surface area (Å²) in [5.41, 5.74) is 1.85. The second-order valence-electron chi connectivity index (χ2n) is 4.26. The molecule has 0 aromatic carbocycles. The van der Waals surface area contributed by atoms with Gasteiger partial charge < -0.3 is 24.8 Å². The van der Waals surface area contributed by atoms with Crippen LogP contribution in [0.25, 0.3) is 0 Å². The van der Waals surface area contributed by atoms with Crippen LogP contribution >= 0.6 is 0 Å². The van der Waals surface area contributed by atoms with Gasteiger partial charge in [0, 0.05) is 0 Å². The number of rotatable bonds is 0. The predicted molar refractivity (Wildman–Crippen MR) is 44.8 cm³/mol. The molecule has 1 rings (SSSR count). The van der Waals surface area contributed by atoms with Crippen LogP contribution in [0.1, 0.15) is 27.7 Å². The Morgan fingerprint density at radius 1 is 1.23 bits per heavy atom. The first-order valence-corrected chi connectivity index (χ1v) is 5.29. The quantitative estimate of drug-likeness (QED) is 0.448. The van der Waals surface area contributed by atoms with E-state index < -0.39 is 0 Å². The third-order valence-electron chi connectivity index (χ3n) is 2.10. The van der Waals surface area contributed by atoms with Crippen molar-refractivity contribution < 1.29 is 49.5 Å². The molecule has 1 aliphatic carbocycles. The molecule has 0 fully saturated rings. The molecule has 0 nitrogen and oxygen atoms in total. The van der Waals surface area contributed by atoms with Gasteiger partial charge in [0.15, 0.2) is 0 Å². The number of hydrogen-bond acceptors (Lipinski definition) is 0. The van der Waals surface area contributed by atoms with Crippen molar-refractivity contribution >= 4 is 0 Å². The normalized spacial score (nSPS) is 21.2. The molecule has 0 bridgehead atoms. The second kappa shape index (κ2) is 5.73. The summed E-state index contributed by atoms with van der Waals surface area (Å²) in [4.78, 5) is 0. The van der Waals surface area contributed by atoms with E-state index in [4.69, 9.17) is 0 Å². The molecule has 0 spiro atoms. The number of hydrogen-bond donors (Lipinski definition) is 0. The van der Waals surface area contributed by atoms with Crippen molar-refractivity contribution in [3.8, 4) is 0 Å². The first-order chi connectivity index (χ1) is 4.91. The van der Waals surface area contributed by atoms with Gasteiger partial charge in [0.25, 0.3) is 0 Å². The zero-order valence-electron chi connectivity index (χ0n) is 8.49. The SMILES string of the molecule is CC1C=C(C(C)(C)C)C=[C]1[Zr+2].[Cl-].[Cl-]. The molecule has 1 atom stereocenters. The van der Waals surface area contributed by atoms with Crippen molar-refractivity contribution in [3.63, 3.8) is 0 Å². The van der Waals surface area contributed by atoms with Crippen LogP contribution in [0, 0.1) is 11.3 Å². The van der Waals surface area contributed by atoms with Gasteiger partial charge in [0.05, 0.1) is 0 Å². The smallest absolute Gasteiger partial charge is 1.00 e. The molecule has 0 amide bonds. The molecule has 1 aliphatic rings. The number of halogens is 2. The first kappa shape index (κ1) is 16.4. The average molecular weight is 297 g/mol. The van der Waals surface area contributed by atoms with Crippen LogP contribution in [-0.4, -0.2) is 0 Å². The van der Waals surface area contributed by atoms with Crippen LogP contribution in [0.15, 0.2) is 21.0 Å². The van der Waals surface area contributed by atoms with Crippen LogP contribution in [0.2, 0.25) is 0 Å². The van der Waals surface area contributed by atoms with Crippen LogP contribution in [0.4, 0.5) is 0 Å². The molecule has 0 N–H and O–H groups in total. The van der Waals surface area contributed by atoms with Crippen LogP contribution in [-0.2, 0) is 24.7 Å². The van der Waals surface area contributed by atoms with Crippen LogP contribution in [0.3, 0.4) is 0 Å². The van der Waals surface area contributed by atoms with E-state index in [1.54, 1.807) is 28.0 Å². The van der Waals surface area contributed by atoms with Gasteiger partial charge in [0.2, 0.25) is 0 Å². The topological polar surface area (TPSA) is 0 Å². The minimum atomic E-state index is 0. The van der Waals surface area contributed by atoms with Crippen LogP contribution < -0.4 is 24.8 Å². The predicted octanol–water partition coefficient (Wildman–Crippen LogP) is -2.95. The fourth-order valence-electron chi connectivity index (χ4n) is 1.17. The van der Waals surface area contributed by atoms with Crippen molar-refractivity contribution in [1.82, 2.24) is 0 Å². The standard InChI is InChI=1S/C10H15.2ClH.Zr/c1-8-5-6-9(7-8)10(2,3)4;;;/h6-8H,1-4H3;2*1H;/q;;;+2/p-2. The third kappa shape index (κ3) is 4.32. The molecule has 0 aliphatic heterocycles. The van der Waals surface area contributed by atoms with E-state index in [0.29, 0.717) is 11.3 Å². The molecule has 0 aromatic heterocycles. The van der Waals surface area contributed by atoms with Crippen LogP contribution in [0.5, 0.6) is 0 Å². The molecule has 0 heterocycles.